The molecule has 2 rings (SSSR count). The van der Waals surface area contributed by atoms with Gasteiger partial charge >= 0.3 is 6.18 Å². The minimum absolute atomic E-state index is 0.122. The molecule has 1 aromatic carbocycles. The first-order valence-corrected chi connectivity index (χ1v) is 5.63. The quantitative estimate of drug-likeness (QED) is 0.913. The van der Waals surface area contributed by atoms with Crippen LogP contribution in [0, 0.1) is 0 Å². The molecular weight excluding hydrogens is 265 g/mol. The number of hydrogen-bond donors (Lipinski definition) is 1. The van der Waals surface area contributed by atoms with E-state index in [4.69, 9.17) is 5.73 Å². The van der Waals surface area contributed by atoms with Crippen LogP contribution >= 0.6 is 11.3 Å². The van der Waals surface area contributed by atoms with E-state index in [1.165, 1.54) is 12.1 Å². The third kappa shape index (κ3) is 2.35. The van der Waals surface area contributed by atoms with Gasteiger partial charge in [0.15, 0.2) is 0 Å². The van der Waals surface area contributed by atoms with Crippen LogP contribution in [0.3, 0.4) is 0 Å². The van der Waals surface area contributed by atoms with E-state index >= 15 is 0 Å². The highest BCUT2D eigenvalue weighted by molar-refractivity contribution is 7.15. The molecule has 0 saturated carbocycles. The number of primary amides is 1. The predicted octanol–water partition coefficient (Wildman–Crippen LogP) is 2.93. The predicted molar refractivity (Wildman–Crippen MR) is 61.1 cm³/mol. The molecule has 2 N–H and O–H groups in total. The van der Waals surface area contributed by atoms with Gasteiger partial charge in [-0.25, -0.2) is 4.98 Å². The van der Waals surface area contributed by atoms with Crippen LogP contribution in [-0.2, 0) is 6.18 Å². The molecule has 1 aromatic heterocycles. The number of benzene rings is 1. The average Bonchev–Trinajstić information content (AvgIpc) is 2.77. The van der Waals surface area contributed by atoms with E-state index in [1.54, 1.807) is 12.1 Å². The number of carbonyl (C=O) groups is 1. The highest BCUT2D eigenvalue weighted by atomic mass is 32.1. The van der Waals surface area contributed by atoms with Crippen molar-refractivity contribution in [1.82, 2.24) is 4.98 Å². The molecule has 3 nitrogen and oxygen atoms in total. The van der Waals surface area contributed by atoms with Gasteiger partial charge in [-0.2, -0.15) is 13.2 Å². The van der Waals surface area contributed by atoms with Gasteiger partial charge in [-0.15, -0.1) is 11.3 Å². The van der Waals surface area contributed by atoms with Crippen molar-refractivity contribution in [1.29, 1.82) is 0 Å². The van der Waals surface area contributed by atoms with Crippen molar-refractivity contribution >= 4 is 17.2 Å². The molecule has 94 valence electrons. The molecule has 0 fully saturated rings. The first-order valence-electron chi connectivity index (χ1n) is 4.82. The molecule has 0 spiro atoms. The Morgan fingerprint density at radius 1 is 1.28 bits per heavy atom. The lowest BCUT2D eigenvalue weighted by molar-refractivity contribution is -0.134. The van der Waals surface area contributed by atoms with E-state index in [1.807, 2.05) is 0 Å². The molecule has 0 aliphatic rings. The average molecular weight is 272 g/mol. The summed E-state index contributed by atoms with van der Waals surface area (Å²) < 4.78 is 37.4. The smallest absolute Gasteiger partial charge is 0.366 e. The van der Waals surface area contributed by atoms with Crippen molar-refractivity contribution in [2.24, 2.45) is 5.73 Å². The number of thiazole rings is 1. The Hall–Kier alpha value is -1.89. The van der Waals surface area contributed by atoms with Crippen LogP contribution in [-0.4, -0.2) is 10.9 Å². The van der Waals surface area contributed by atoms with Crippen LogP contribution in [0.5, 0.6) is 0 Å². The summed E-state index contributed by atoms with van der Waals surface area (Å²) in [5, 5.41) is 0.122. The normalized spacial score (nSPS) is 11.5. The van der Waals surface area contributed by atoms with E-state index in [0.29, 0.717) is 16.9 Å². The van der Waals surface area contributed by atoms with E-state index in [2.05, 4.69) is 4.98 Å². The van der Waals surface area contributed by atoms with Gasteiger partial charge in [-0.1, -0.05) is 18.2 Å². The fourth-order valence-electron chi connectivity index (χ4n) is 1.41. The van der Waals surface area contributed by atoms with Crippen LogP contribution in [0.1, 0.15) is 15.2 Å². The van der Waals surface area contributed by atoms with E-state index in [-0.39, 0.29) is 10.6 Å². The number of aromatic nitrogens is 1. The molecule has 1 amide bonds. The fourth-order valence-corrected chi connectivity index (χ4v) is 2.24. The SMILES string of the molecule is NC(=O)c1ccccc1-c1ncc(C(F)(F)F)s1. The summed E-state index contributed by atoms with van der Waals surface area (Å²) in [7, 11) is 0. The molecular formula is C11H7F3N2OS. The summed E-state index contributed by atoms with van der Waals surface area (Å²) in [4.78, 5) is 14.1. The summed E-state index contributed by atoms with van der Waals surface area (Å²) in [6.07, 6.45) is -3.69. The Bertz CT molecular complexity index is 592. The van der Waals surface area contributed by atoms with Crippen LogP contribution in [0.4, 0.5) is 13.2 Å². The summed E-state index contributed by atoms with van der Waals surface area (Å²) in [5.41, 5.74) is 5.62. The summed E-state index contributed by atoms with van der Waals surface area (Å²) in [5.74, 6) is -0.700. The number of alkyl halides is 3. The van der Waals surface area contributed by atoms with Crippen LogP contribution in [0.15, 0.2) is 30.5 Å². The molecule has 0 unspecified atom stereocenters. The molecule has 0 bridgehead atoms. The fraction of sp³-hybridized carbons (Fsp3) is 0.0909. The lowest BCUT2D eigenvalue weighted by Gasteiger charge is -2.03. The minimum atomic E-state index is -4.43. The van der Waals surface area contributed by atoms with Crippen LogP contribution in [0.25, 0.3) is 10.6 Å². The minimum Gasteiger partial charge on any atom is -0.366 e. The molecule has 0 atom stereocenters. The third-order valence-corrected chi connectivity index (χ3v) is 3.28. The van der Waals surface area contributed by atoms with E-state index in [9.17, 15) is 18.0 Å². The highest BCUT2D eigenvalue weighted by Crippen LogP contribution is 2.37. The largest absolute Gasteiger partial charge is 0.427 e. The van der Waals surface area contributed by atoms with Gasteiger partial charge < -0.3 is 5.73 Å². The maximum Gasteiger partial charge on any atom is 0.427 e. The Morgan fingerprint density at radius 3 is 2.50 bits per heavy atom. The number of amides is 1. The molecule has 0 radical (unpaired) electrons. The number of nitrogens with two attached hydrogens (primary N) is 1. The number of hydrogen-bond acceptors (Lipinski definition) is 3. The first kappa shape index (κ1) is 12.6. The van der Waals surface area contributed by atoms with Gasteiger partial charge in [0.05, 0.1) is 6.20 Å². The highest BCUT2D eigenvalue weighted by Gasteiger charge is 2.33. The van der Waals surface area contributed by atoms with Crippen molar-refractivity contribution in [3.8, 4) is 10.6 Å². The standard InChI is InChI=1S/C11H7F3N2OS/c12-11(13,14)8-5-16-10(18-8)7-4-2-1-3-6(7)9(15)17/h1-5H,(H2,15,17). The number of nitrogens with zero attached hydrogens (tertiary/aromatic N) is 1. The zero-order valence-electron chi connectivity index (χ0n) is 8.86. The van der Waals surface area contributed by atoms with Crippen molar-refractivity contribution in [3.63, 3.8) is 0 Å². The van der Waals surface area contributed by atoms with Gasteiger partial charge in [0, 0.05) is 11.1 Å². The Balaban J connectivity index is 2.50. The Labute approximate surface area is 104 Å². The van der Waals surface area contributed by atoms with Gasteiger partial charge in [-0.05, 0) is 6.07 Å². The molecule has 0 aliphatic heterocycles. The first-order chi connectivity index (χ1) is 8.39. The van der Waals surface area contributed by atoms with Crippen molar-refractivity contribution in [2.75, 3.05) is 0 Å². The van der Waals surface area contributed by atoms with Gasteiger partial charge in [0.1, 0.15) is 9.88 Å². The zero-order valence-corrected chi connectivity index (χ0v) is 9.68. The molecule has 1 heterocycles. The number of halogens is 3. The van der Waals surface area contributed by atoms with Crippen molar-refractivity contribution < 1.29 is 18.0 Å². The van der Waals surface area contributed by atoms with E-state index in [0.717, 1.165) is 6.20 Å². The van der Waals surface area contributed by atoms with Crippen molar-refractivity contribution in [3.05, 3.63) is 40.9 Å². The molecule has 0 aliphatic carbocycles. The second kappa shape index (κ2) is 4.41. The van der Waals surface area contributed by atoms with Crippen LogP contribution < -0.4 is 5.73 Å². The topological polar surface area (TPSA) is 56.0 Å². The molecule has 2 aromatic rings. The maximum absolute atomic E-state index is 12.5. The second-order valence-electron chi connectivity index (χ2n) is 3.44. The second-order valence-corrected chi connectivity index (χ2v) is 4.47. The lowest BCUT2D eigenvalue weighted by atomic mass is 10.1. The molecule has 18 heavy (non-hydrogen) atoms. The van der Waals surface area contributed by atoms with Crippen LogP contribution in [0.2, 0.25) is 0 Å². The third-order valence-electron chi connectivity index (χ3n) is 2.21. The Kier molecular flexibility index (Phi) is 3.08. The zero-order chi connectivity index (χ0) is 13.3. The maximum atomic E-state index is 12.5. The number of rotatable bonds is 2. The van der Waals surface area contributed by atoms with Gasteiger partial charge in [0.2, 0.25) is 5.91 Å². The summed E-state index contributed by atoms with van der Waals surface area (Å²) in [6.45, 7) is 0. The van der Waals surface area contributed by atoms with Gasteiger partial charge in [-0.3, -0.25) is 4.79 Å². The molecule has 0 saturated heterocycles. The summed E-state index contributed by atoms with van der Waals surface area (Å²) >= 11 is 0.481. The molecule has 7 heteroatoms. The lowest BCUT2D eigenvalue weighted by Crippen LogP contribution is -2.12. The number of carbonyl (C=O) groups excluding carboxylic acids is 1. The van der Waals surface area contributed by atoms with Crippen molar-refractivity contribution in [2.45, 2.75) is 6.18 Å². The van der Waals surface area contributed by atoms with Gasteiger partial charge in [0.25, 0.3) is 0 Å². The van der Waals surface area contributed by atoms with E-state index < -0.39 is 17.0 Å². The Morgan fingerprint density at radius 2 is 1.94 bits per heavy atom. The summed E-state index contributed by atoms with van der Waals surface area (Å²) in [6, 6.07) is 6.16. The monoisotopic (exact) mass is 272 g/mol.